The van der Waals surface area contributed by atoms with Crippen LogP contribution in [0.5, 0.6) is 0 Å². The Bertz CT molecular complexity index is 475. The van der Waals surface area contributed by atoms with Gasteiger partial charge in [-0.2, -0.15) is 0 Å². The van der Waals surface area contributed by atoms with Crippen molar-refractivity contribution in [2.45, 2.75) is 38.6 Å². The first kappa shape index (κ1) is 15.8. The van der Waals surface area contributed by atoms with Gasteiger partial charge in [-0.3, -0.25) is 4.79 Å². The predicted octanol–water partition coefficient (Wildman–Crippen LogP) is 2.14. The van der Waals surface area contributed by atoms with Gasteiger partial charge >= 0.3 is 0 Å². The number of benzene rings is 1. The molecule has 0 aliphatic carbocycles. The number of hydrogen-bond donors (Lipinski definition) is 1. The zero-order chi connectivity index (χ0) is 15.2. The van der Waals surface area contributed by atoms with Crippen molar-refractivity contribution in [1.29, 1.82) is 0 Å². The van der Waals surface area contributed by atoms with E-state index in [2.05, 4.69) is 23.8 Å². The molecule has 2 N–H and O–H groups in total. The monoisotopic (exact) mass is 289 g/mol. The smallest absolute Gasteiger partial charge is 0.223 e. The van der Waals surface area contributed by atoms with Gasteiger partial charge in [-0.25, -0.2) is 0 Å². The van der Waals surface area contributed by atoms with E-state index in [1.807, 2.05) is 24.3 Å². The van der Waals surface area contributed by atoms with Gasteiger partial charge in [-0.05, 0) is 50.6 Å². The third-order valence-electron chi connectivity index (χ3n) is 4.27. The quantitative estimate of drug-likeness (QED) is 0.864. The maximum atomic E-state index is 12.6. The number of carbonyl (C=O) groups excluding carboxylic acids is 1. The second-order valence-corrected chi connectivity index (χ2v) is 6.01. The number of hydrogen-bond acceptors (Lipinski definition) is 3. The summed E-state index contributed by atoms with van der Waals surface area (Å²) in [6.45, 7) is 5.12. The fourth-order valence-electron chi connectivity index (χ4n) is 3.06. The molecule has 4 nitrogen and oxygen atoms in total. The molecule has 1 fully saturated rings. The molecule has 21 heavy (non-hydrogen) atoms. The first-order chi connectivity index (χ1) is 10.1. The highest BCUT2D eigenvalue weighted by Gasteiger charge is 2.25. The van der Waals surface area contributed by atoms with Crippen molar-refractivity contribution in [2.75, 3.05) is 32.4 Å². The normalized spacial score (nSPS) is 20.3. The standard InChI is InChI=1S/C17H27N3O/c1-3-16-13-19(2)10-5-11-20(16)17(21)9-8-14-6-4-7-15(18)12-14/h4,6-7,12,16H,3,5,8-11,13,18H2,1-2H3. The molecule has 0 aromatic heterocycles. The van der Waals surface area contributed by atoms with Crippen LogP contribution in [0.25, 0.3) is 0 Å². The number of aryl methyl sites for hydroxylation is 1. The minimum atomic E-state index is 0.277. The highest BCUT2D eigenvalue weighted by molar-refractivity contribution is 5.77. The molecular weight excluding hydrogens is 262 g/mol. The van der Waals surface area contributed by atoms with E-state index in [4.69, 9.17) is 5.73 Å². The van der Waals surface area contributed by atoms with Gasteiger partial charge in [0.1, 0.15) is 0 Å². The molecule has 1 aromatic rings. The van der Waals surface area contributed by atoms with E-state index in [0.29, 0.717) is 12.5 Å². The van der Waals surface area contributed by atoms with Crippen molar-refractivity contribution in [3.8, 4) is 0 Å². The molecule has 4 heteroatoms. The van der Waals surface area contributed by atoms with Gasteiger partial charge in [0.2, 0.25) is 5.91 Å². The summed E-state index contributed by atoms with van der Waals surface area (Å²) in [5, 5.41) is 0. The number of amides is 1. The van der Waals surface area contributed by atoms with Crippen molar-refractivity contribution < 1.29 is 4.79 Å². The summed E-state index contributed by atoms with van der Waals surface area (Å²) in [6.07, 6.45) is 3.43. The van der Waals surface area contributed by atoms with Crippen LogP contribution in [0.3, 0.4) is 0 Å². The highest BCUT2D eigenvalue weighted by Crippen LogP contribution is 2.15. The molecular formula is C17H27N3O. The second-order valence-electron chi connectivity index (χ2n) is 6.01. The van der Waals surface area contributed by atoms with Crippen molar-refractivity contribution in [3.63, 3.8) is 0 Å². The number of anilines is 1. The molecule has 0 spiro atoms. The summed E-state index contributed by atoms with van der Waals surface area (Å²) >= 11 is 0. The van der Waals surface area contributed by atoms with Gasteiger partial charge < -0.3 is 15.5 Å². The number of carbonyl (C=O) groups is 1. The zero-order valence-electron chi connectivity index (χ0n) is 13.2. The molecule has 1 saturated heterocycles. The molecule has 0 radical (unpaired) electrons. The zero-order valence-corrected chi connectivity index (χ0v) is 13.2. The maximum Gasteiger partial charge on any atom is 0.223 e. The summed E-state index contributed by atoms with van der Waals surface area (Å²) in [6, 6.07) is 8.18. The molecule has 1 atom stereocenters. The lowest BCUT2D eigenvalue weighted by Gasteiger charge is -2.30. The first-order valence-corrected chi connectivity index (χ1v) is 7.92. The third kappa shape index (κ3) is 4.46. The summed E-state index contributed by atoms with van der Waals surface area (Å²) in [7, 11) is 2.14. The van der Waals surface area contributed by atoms with Gasteiger partial charge in [-0.15, -0.1) is 0 Å². The highest BCUT2D eigenvalue weighted by atomic mass is 16.2. The first-order valence-electron chi connectivity index (χ1n) is 7.92. The lowest BCUT2D eigenvalue weighted by Crippen LogP contribution is -2.43. The van der Waals surface area contributed by atoms with Crippen LogP contribution in [-0.2, 0) is 11.2 Å². The summed E-state index contributed by atoms with van der Waals surface area (Å²) < 4.78 is 0. The number of nitrogen functional groups attached to an aromatic ring is 1. The predicted molar refractivity (Wildman–Crippen MR) is 87.1 cm³/mol. The average Bonchev–Trinajstić information content (AvgIpc) is 2.66. The number of nitrogens with zero attached hydrogens (tertiary/aromatic N) is 2. The van der Waals surface area contributed by atoms with Crippen molar-refractivity contribution in [2.24, 2.45) is 0 Å². The topological polar surface area (TPSA) is 49.6 Å². The molecule has 1 aliphatic heterocycles. The summed E-state index contributed by atoms with van der Waals surface area (Å²) in [5.41, 5.74) is 7.69. The Morgan fingerprint density at radius 2 is 2.19 bits per heavy atom. The van der Waals surface area contributed by atoms with Gasteiger partial charge in [0.05, 0.1) is 0 Å². The van der Waals surface area contributed by atoms with Crippen LogP contribution >= 0.6 is 0 Å². The fourth-order valence-corrected chi connectivity index (χ4v) is 3.06. The Morgan fingerprint density at radius 1 is 1.38 bits per heavy atom. The van der Waals surface area contributed by atoms with E-state index < -0.39 is 0 Å². The second kappa shape index (κ2) is 7.46. The van der Waals surface area contributed by atoms with Gasteiger partial charge in [-0.1, -0.05) is 19.1 Å². The molecule has 0 bridgehead atoms. The minimum absolute atomic E-state index is 0.277. The molecule has 0 saturated carbocycles. The van der Waals surface area contributed by atoms with E-state index in [1.165, 1.54) is 0 Å². The Balaban J connectivity index is 1.94. The van der Waals surface area contributed by atoms with Gasteiger partial charge in [0.25, 0.3) is 0 Å². The van der Waals surface area contributed by atoms with E-state index in [-0.39, 0.29) is 5.91 Å². The molecule has 2 rings (SSSR count). The van der Waals surface area contributed by atoms with Crippen LogP contribution < -0.4 is 5.73 Å². The summed E-state index contributed by atoms with van der Waals surface area (Å²) in [5.74, 6) is 0.277. The van der Waals surface area contributed by atoms with Crippen molar-refractivity contribution in [3.05, 3.63) is 29.8 Å². The Labute approximate surface area is 127 Å². The number of rotatable bonds is 4. The lowest BCUT2D eigenvalue weighted by molar-refractivity contribution is -0.133. The number of likely N-dealkylation sites (N-methyl/N-ethyl adjacent to an activating group) is 1. The Kier molecular flexibility index (Phi) is 5.62. The van der Waals surface area contributed by atoms with E-state index in [9.17, 15) is 4.79 Å². The van der Waals surface area contributed by atoms with E-state index in [1.54, 1.807) is 0 Å². The Hall–Kier alpha value is -1.55. The molecule has 1 amide bonds. The lowest BCUT2D eigenvalue weighted by atomic mass is 10.1. The van der Waals surface area contributed by atoms with Crippen molar-refractivity contribution in [1.82, 2.24) is 9.80 Å². The fraction of sp³-hybridized carbons (Fsp3) is 0.588. The van der Waals surface area contributed by atoms with Gasteiger partial charge in [0.15, 0.2) is 0 Å². The van der Waals surface area contributed by atoms with Gasteiger partial charge in [0, 0.05) is 31.2 Å². The number of nitrogens with two attached hydrogens (primary N) is 1. The largest absolute Gasteiger partial charge is 0.399 e. The molecule has 116 valence electrons. The average molecular weight is 289 g/mol. The van der Waals surface area contributed by atoms with E-state index in [0.717, 1.165) is 50.1 Å². The van der Waals surface area contributed by atoms with Crippen LogP contribution in [0.2, 0.25) is 0 Å². The molecule has 1 heterocycles. The van der Waals surface area contributed by atoms with Crippen LogP contribution in [0.4, 0.5) is 5.69 Å². The SMILES string of the molecule is CCC1CN(C)CCCN1C(=O)CCc1cccc(N)c1. The van der Waals surface area contributed by atoms with Crippen LogP contribution in [-0.4, -0.2) is 48.4 Å². The van der Waals surface area contributed by atoms with Crippen LogP contribution in [0.15, 0.2) is 24.3 Å². The molecule has 1 aromatic carbocycles. The minimum Gasteiger partial charge on any atom is -0.399 e. The summed E-state index contributed by atoms with van der Waals surface area (Å²) in [4.78, 5) is 17.0. The Morgan fingerprint density at radius 3 is 2.90 bits per heavy atom. The van der Waals surface area contributed by atoms with Crippen LogP contribution in [0, 0.1) is 0 Å². The van der Waals surface area contributed by atoms with Crippen LogP contribution in [0.1, 0.15) is 31.7 Å². The molecule has 1 aliphatic rings. The maximum absolute atomic E-state index is 12.6. The van der Waals surface area contributed by atoms with E-state index >= 15 is 0 Å². The third-order valence-corrected chi connectivity index (χ3v) is 4.27. The molecule has 1 unspecified atom stereocenters. The van der Waals surface area contributed by atoms with Crippen molar-refractivity contribution >= 4 is 11.6 Å².